The minimum Gasteiger partial charge on any atom is -0.310 e. The van der Waals surface area contributed by atoms with Crippen molar-refractivity contribution in [2.45, 2.75) is 13.3 Å². The summed E-state index contributed by atoms with van der Waals surface area (Å²) in [6, 6.07) is 9.78. The number of carbonyl (C=O) groups is 1. The summed E-state index contributed by atoms with van der Waals surface area (Å²) in [5, 5.41) is 11.0. The third kappa shape index (κ3) is 3.14. The number of carbonyl (C=O) groups excluding carboxylic acids is 1. The number of fused-ring (bicyclic) bond motifs is 1. The first kappa shape index (κ1) is 16.6. The standard InChI is InChI=1S/C17H13N5O2S2/c1-9-12-14(23)19-11(7-10-5-3-2-4-6-10)20-16(12)26-13(9)15(24)21-17-22-18-8-25-17/h2-6,8H,7H2,1H3,(H,19,20,23)(H,21,22,24). The summed E-state index contributed by atoms with van der Waals surface area (Å²) in [6.45, 7) is 1.75. The average Bonchev–Trinajstić information content (AvgIpc) is 3.24. The first-order valence-corrected chi connectivity index (χ1v) is 9.45. The molecular weight excluding hydrogens is 370 g/mol. The molecule has 4 rings (SSSR count). The molecule has 130 valence electrons. The molecule has 0 aliphatic carbocycles. The van der Waals surface area contributed by atoms with E-state index in [2.05, 4.69) is 25.5 Å². The molecule has 0 aliphatic rings. The highest BCUT2D eigenvalue weighted by Gasteiger charge is 2.20. The first-order chi connectivity index (χ1) is 12.6. The van der Waals surface area contributed by atoms with Crippen molar-refractivity contribution >= 4 is 43.9 Å². The zero-order chi connectivity index (χ0) is 18.1. The molecule has 1 amide bonds. The number of anilines is 1. The van der Waals surface area contributed by atoms with Crippen molar-refractivity contribution in [3.8, 4) is 0 Å². The minimum absolute atomic E-state index is 0.232. The Morgan fingerprint density at radius 1 is 1.27 bits per heavy atom. The highest BCUT2D eigenvalue weighted by Crippen LogP contribution is 2.28. The Bertz CT molecular complexity index is 1130. The number of nitrogens with zero attached hydrogens (tertiary/aromatic N) is 3. The lowest BCUT2D eigenvalue weighted by Gasteiger charge is -2.01. The average molecular weight is 383 g/mol. The van der Waals surface area contributed by atoms with Gasteiger partial charge in [0.25, 0.3) is 11.5 Å². The van der Waals surface area contributed by atoms with Crippen molar-refractivity contribution in [3.05, 3.63) is 68.0 Å². The van der Waals surface area contributed by atoms with Crippen molar-refractivity contribution < 1.29 is 4.79 Å². The molecule has 0 unspecified atom stereocenters. The molecule has 4 aromatic rings. The first-order valence-electron chi connectivity index (χ1n) is 7.75. The van der Waals surface area contributed by atoms with Crippen LogP contribution < -0.4 is 10.9 Å². The van der Waals surface area contributed by atoms with E-state index in [4.69, 9.17) is 0 Å². The summed E-state index contributed by atoms with van der Waals surface area (Å²) < 4.78 is 0. The van der Waals surface area contributed by atoms with Crippen LogP contribution in [0.25, 0.3) is 10.2 Å². The molecule has 0 fully saturated rings. The Kier molecular flexibility index (Phi) is 4.31. The lowest BCUT2D eigenvalue weighted by molar-refractivity contribution is 0.103. The van der Waals surface area contributed by atoms with E-state index in [1.807, 2.05) is 30.3 Å². The largest absolute Gasteiger partial charge is 0.310 e. The Balaban J connectivity index is 1.71. The van der Waals surface area contributed by atoms with E-state index in [0.717, 1.165) is 5.56 Å². The van der Waals surface area contributed by atoms with Crippen LogP contribution in [0.4, 0.5) is 5.13 Å². The molecule has 3 heterocycles. The number of thiophene rings is 1. The molecule has 1 aromatic carbocycles. The van der Waals surface area contributed by atoms with Gasteiger partial charge in [-0.05, 0) is 18.1 Å². The molecule has 3 aromatic heterocycles. The quantitative estimate of drug-likeness (QED) is 0.564. The fourth-order valence-corrected chi connectivity index (χ4v) is 4.20. The lowest BCUT2D eigenvalue weighted by atomic mass is 10.1. The number of H-pyrrole nitrogens is 1. The fourth-order valence-electron chi connectivity index (χ4n) is 2.66. The minimum atomic E-state index is -0.314. The highest BCUT2D eigenvalue weighted by molar-refractivity contribution is 7.20. The molecule has 0 atom stereocenters. The van der Waals surface area contributed by atoms with E-state index < -0.39 is 0 Å². The zero-order valence-corrected chi connectivity index (χ0v) is 15.3. The Labute approximate surface area is 155 Å². The number of aromatic amines is 1. The normalized spacial score (nSPS) is 11.0. The number of nitrogens with one attached hydrogen (secondary N) is 2. The van der Waals surface area contributed by atoms with Gasteiger partial charge in [0, 0.05) is 6.42 Å². The van der Waals surface area contributed by atoms with E-state index in [1.54, 1.807) is 6.92 Å². The van der Waals surface area contributed by atoms with Crippen LogP contribution in [0, 0.1) is 6.92 Å². The maximum absolute atomic E-state index is 12.5. The SMILES string of the molecule is Cc1c(C(=O)Nc2nncs2)sc2nc(Cc3ccccc3)[nH]c(=O)c12. The summed E-state index contributed by atoms with van der Waals surface area (Å²) in [5.74, 6) is 0.261. The molecule has 2 N–H and O–H groups in total. The lowest BCUT2D eigenvalue weighted by Crippen LogP contribution is -2.13. The van der Waals surface area contributed by atoms with Crippen LogP contribution >= 0.6 is 22.7 Å². The van der Waals surface area contributed by atoms with Crippen LogP contribution in [-0.4, -0.2) is 26.1 Å². The number of amides is 1. The molecule has 9 heteroatoms. The topological polar surface area (TPSA) is 101 Å². The summed E-state index contributed by atoms with van der Waals surface area (Å²) in [6.07, 6.45) is 0.523. The predicted octanol–water partition coefficient (Wildman–Crippen LogP) is 2.99. The third-order valence-corrected chi connectivity index (χ3v) is 5.64. The molecule has 0 radical (unpaired) electrons. The van der Waals surface area contributed by atoms with Crippen LogP contribution in [0.3, 0.4) is 0 Å². The van der Waals surface area contributed by atoms with Crippen molar-refractivity contribution in [2.75, 3.05) is 5.32 Å². The maximum atomic E-state index is 12.5. The van der Waals surface area contributed by atoms with Gasteiger partial charge in [0.2, 0.25) is 5.13 Å². The monoisotopic (exact) mass is 383 g/mol. The van der Waals surface area contributed by atoms with Crippen LogP contribution in [-0.2, 0) is 6.42 Å². The van der Waals surface area contributed by atoms with Crippen LogP contribution in [0.2, 0.25) is 0 Å². The Hall–Kier alpha value is -2.91. The van der Waals surface area contributed by atoms with Crippen LogP contribution in [0.5, 0.6) is 0 Å². The van der Waals surface area contributed by atoms with Gasteiger partial charge in [0.1, 0.15) is 16.2 Å². The number of hydrogen-bond acceptors (Lipinski definition) is 7. The van der Waals surface area contributed by atoms with Gasteiger partial charge in [-0.2, -0.15) is 0 Å². The Morgan fingerprint density at radius 2 is 2.08 bits per heavy atom. The van der Waals surface area contributed by atoms with Gasteiger partial charge in [-0.25, -0.2) is 4.98 Å². The summed E-state index contributed by atoms with van der Waals surface area (Å²) in [7, 11) is 0. The highest BCUT2D eigenvalue weighted by atomic mass is 32.1. The maximum Gasteiger partial charge on any atom is 0.267 e. The van der Waals surface area contributed by atoms with Crippen molar-refractivity contribution in [2.24, 2.45) is 0 Å². The van der Waals surface area contributed by atoms with Gasteiger partial charge in [-0.15, -0.1) is 21.5 Å². The molecule has 0 saturated carbocycles. The van der Waals surface area contributed by atoms with Gasteiger partial charge in [-0.1, -0.05) is 41.7 Å². The van der Waals surface area contributed by atoms with Gasteiger partial charge in [-0.3, -0.25) is 14.9 Å². The van der Waals surface area contributed by atoms with Gasteiger partial charge < -0.3 is 4.98 Å². The molecule has 0 spiro atoms. The zero-order valence-electron chi connectivity index (χ0n) is 13.6. The van der Waals surface area contributed by atoms with Crippen molar-refractivity contribution in [1.82, 2.24) is 20.2 Å². The smallest absolute Gasteiger partial charge is 0.267 e. The summed E-state index contributed by atoms with van der Waals surface area (Å²) in [4.78, 5) is 33.4. The summed E-state index contributed by atoms with van der Waals surface area (Å²) >= 11 is 2.44. The number of benzene rings is 1. The van der Waals surface area contributed by atoms with Crippen molar-refractivity contribution in [1.29, 1.82) is 0 Å². The molecule has 26 heavy (non-hydrogen) atoms. The van der Waals surface area contributed by atoms with E-state index in [0.29, 0.717) is 38.0 Å². The second-order valence-electron chi connectivity index (χ2n) is 5.61. The third-order valence-electron chi connectivity index (χ3n) is 3.85. The summed E-state index contributed by atoms with van der Waals surface area (Å²) in [5.41, 5.74) is 2.98. The number of aryl methyl sites for hydroxylation is 1. The van der Waals surface area contributed by atoms with E-state index in [1.165, 1.54) is 28.2 Å². The molecule has 7 nitrogen and oxygen atoms in total. The molecule has 0 saturated heterocycles. The fraction of sp³-hybridized carbons (Fsp3) is 0.118. The van der Waals surface area contributed by atoms with Gasteiger partial charge >= 0.3 is 0 Å². The van der Waals surface area contributed by atoms with E-state index in [9.17, 15) is 9.59 Å². The van der Waals surface area contributed by atoms with Crippen LogP contribution in [0.1, 0.15) is 26.6 Å². The molecule has 0 aliphatic heterocycles. The molecular formula is C17H13N5O2S2. The Morgan fingerprint density at radius 3 is 2.81 bits per heavy atom. The second kappa shape index (κ2) is 6.77. The van der Waals surface area contributed by atoms with Gasteiger partial charge in [0.05, 0.1) is 10.3 Å². The number of aromatic nitrogens is 4. The predicted molar refractivity (Wildman–Crippen MR) is 102 cm³/mol. The van der Waals surface area contributed by atoms with Crippen molar-refractivity contribution in [3.63, 3.8) is 0 Å². The second-order valence-corrected chi connectivity index (χ2v) is 7.44. The van der Waals surface area contributed by atoms with E-state index in [-0.39, 0.29) is 11.5 Å². The number of rotatable bonds is 4. The molecule has 0 bridgehead atoms. The number of hydrogen-bond donors (Lipinski definition) is 2. The van der Waals surface area contributed by atoms with Gasteiger partial charge in [0.15, 0.2) is 0 Å². The van der Waals surface area contributed by atoms with E-state index >= 15 is 0 Å². The van der Waals surface area contributed by atoms with Crippen LogP contribution in [0.15, 0.2) is 40.6 Å².